The van der Waals surface area contributed by atoms with Crippen LogP contribution in [0.5, 0.6) is 5.75 Å². The summed E-state index contributed by atoms with van der Waals surface area (Å²) >= 11 is 5.95. The van der Waals surface area contributed by atoms with Crippen LogP contribution in [0, 0.1) is 6.92 Å². The fourth-order valence-electron chi connectivity index (χ4n) is 2.32. The van der Waals surface area contributed by atoms with Gasteiger partial charge in [-0.2, -0.15) is 0 Å². The monoisotopic (exact) mass is 297 g/mol. The Hall–Kier alpha value is -1.26. The number of amides is 1. The quantitative estimate of drug-likeness (QED) is 0.861. The number of hydrogen-bond donors (Lipinski definition) is 0. The van der Waals surface area contributed by atoms with Crippen LogP contribution in [-0.2, 0) is 9.53 Å². The van der Waals surface area contributed by atoms with E-state index in [-0.39, 0.29) is 24.7 Å². The van der Waals surface area contributed by atoms with Gasteiger partial charge in [0, 0.05) is 18.1 Å². The molecule has 0 radical (unpaired) electrons. The van der Waals surface area contributed by atoms with Crippen molar-refractivity contribution in [3.05, 3.63) is 28.8 Å². The van der Waals surface area contributed by atoms with Gasteiger partial charge >= 0.3 is 0 Å². The molecule has 0 N–H and O–H groups in total. The van der Waals surface area contributed by atoms with Crippen LogP contribution in [0.15, 0.2) is 18.2 Å². The lowest BCUT2D eigenvalue weighted by Crippen LogP contribution is -2.49. The van der Waals surface area contributed by atoms with Crippen molar-refractivity contribution in [2.75, 3.05) is 19.7 Å². The minimum atomic E-state index is -0.0143. The zero-order valence-corrected chi connectivity index (χ0v) is 12.8. The van der Waals surface area contributed by atoms with Crippen LogP contribution in [-0.4, -0.2) is 42.7 Å². The average molecular weight is 298 g/mol. The highest BCUT2D eigenvalue weighted by molar-refractivity contribution is 6.31. The van der Waals surface area contributed by atoms with E-state index in [1.165, 1.54) is 0 Å². The molecule has 2 atom stereocenters. The summed E-state index contributed by atoms with van der Waals surface area (Å²) < 4.78 is 11.1. The molecule has 1 aliphatic heterocycles. The molecule has 1 heterocycles. The molecule has 1 aromatic carbocycles. The second-order valence-electron chi connectivity index (χ2n) is 5.26. The van der Waals surface area contributed by atoms with Crippen LogP contribution >= 0.6 is 11.6 Å². The van der Waals surface area contributed by atoms with Crippen molar-refractivity contribution in [1.82, 2.24) is 4.90 Å². The third kappa shape index (κ3) is 3.87. The van der Waals surface area contributed by atoms with E-state index in [9.17, 15) is 4.79 Å². The minimum Gasteiger partial charge on any atom is -0.484 e. The van der Waals surface area contributed by atoms with Crippen molar-refractivity contribution in [2.24, 2.45) is 0 Å². The first-order chi connectivity index (χ1) is 9.45. The van der Waals surface area contributed by atoms with Crippen LogP contribution < -0.4 is 4.74 Å². The van der Waals surface area contributed by atoms with Gasteiger partial charge < -0.3 is 14.4 Å². The summed E-state index contributed by atoms with van der Waals surface area (Å²) in [4.78, 5) is 13.9. The minimum absolute atomic E-state index is 0.0143. The number of benzene rings is 1. The normalized spacial score (nSPS) is 22.7. The predicted molar refractivity (Wildman–Crippen MR) is 78.3 cm³/mol. The maximum atomic E-state index is 12.1. The van der Waals surface area contributed by atoms with Gasteiger partial charge in [-0.25, -0.2) is 0 Å². The van der Waals surface area contributed by atoms with Crippen molar-refractivity contribution in [1.29, 1.82) is 0 Å². The molecule has 0 bridgehead atoms. The van der Waals surface area contributed by atoms with Gasteiger partial charge in [0.15, 0.2) is 6.61 Å². The first kappa shape index (κ1) is 15.1. The van der Waals surface area contributed by atoms with Gasteiger partial charge in [0.25, 0.3) is 5.91 Å². The number of carbonyl (C=O) groups is 1. The fraction of sp³-hybridized carbons (Fsp3) is 0.533. The van der Waals surface area contributed by atoms with Crippen molar-refractivity contribution in [3.63, 3.8) is 0 Å². The molecule has 1 aliphatic rings. The Morgan fingerprint density at radius 3 is 2.65 bits per heavy atom. The van der Waals surface area contributed by atoms with E-state index in [0.717, 1.165) is 5.56 Å². The molecule has 110 valence electrons. The van der Waals surface area contributed by atoms with Gasteiger partial charge in [0.2, 0.25) is 0 Å². The maximum absolute atomic E-state index is 12.1. The molecule has 0 spiro atoms. The topological polar surface area (TPSA) is 38.8 Å². The first-order valence-electron chi connectivity index (χ1n) is 6.78. The molecule has 1 fully saturated rings. The van der Waals surface area contributed by atoms with Gasteiger partial charge in [-0.05, 0) is 44.5 Å². The molecule has 2 unspecified atom stereocenters. The summed E-state index contributed by atoms with van der Waals surface area (Å²) in [5.74, 6) is 0.647. The van der Waals surface area contributed by atoms with Gasteiger partial charge in [0.05, 0.1) is 12.2 Å². The summed E-state index contributed by atoms with van der Waals surface area (Å²) in [6.45, 7) is 7.12. The summed E-state index contributed by atoms with van der Waals surface area (Å²) in [5.41, 5.74) is 0.935. The second kappa shape index (κ2) is 6.46. The molecule has 0 saturated carbocycles. The highest BCUT2D eigenvalue weighted by Crippen LogP contribution is 2.21. The number of hydrogen-bond acceptors (Lipinski definition) is 3. The molecule has 0 aliphatic carbocycles. The highest BCUT2D eigenvalue weighted by atomic mass is 35.5. The van der Waals surface area contributed by atoms with Crippen molar-refractivity contribution in [2.45, 2.75) is 33.0 Å². The molecule has 4 nitrogen and oxygen atoms in total. The molecular formula is C15H20ClNO3. The van der Waals surface area contributed by atoms with Crippen LogP contribution in [0.4, 0.5) is 0 Å². The number of aryl methyl sites for hydroxylation is 1. The largest absolute Gasteiger partial charge is 0.484 e. The number of rotatable bonds is 3. The molecule has 0 aromatic heterocycles. The van der Waals surface area contributed by atoms with Crippen molar-refractivity contribution < 1.29 is 14.3 Å². The first-order valence-corrected chi connectivity index (χ1v) is 7.15. The summed E-state index contributed by atoms with van der Waals surface area (Å²) in [6.07, 6.45) is 0.140. The highest BCUT2D eigenvalue weighted by Gasteiger charge is 2.25. The molecule has 1 amide bonds. The number of morpholine rings is 1. The van der Waals surface area contributed by atoms with E-state index in [0.29, 0.717) is 23.9 Å². The Bertz CT molecular complexity index is 482. The smallest absolute Gasteiger partial charge is 0.260 e. The van der Waals surface area contributed by atoms with Gasteiger partial charge in [0.1, 0.15) is 5.75 Å². The molecule has 1 aromatic rings. The Balaban J connectivity index is 1.89. The van der Waals surface area contributed by atoms with E-state index in [1.807, 2.05) is 26.8 Å². The summed E-state index contributed by atoms with van der Waals surface area (Å²) in [6, 6.07) is 5.38. The fourth-order valence-corrected chi connectivity index (χ4v) is 2.44. The third-order valence-electron chi connectivity index (χ3n) is 3.26. The Kier molecular flexibility index (Phi) is 4.89. The summed E-state index contributed by atoms with van der Waals surface area (Å²) in [5, 5.41) is 0.694. The zero-order valence-electron chi connectivity index (χ0n) is 12.1. The lowest BCUT2D eigenvalue weighted by Gasteiger charge is -2.35. The van der Waals surface area contributed by atoms with Crippen LogP contribution in [0.1, 0.15) is 19.4 Å². The lowest BCUT2D eigenvalue weighted by atomic mass is 10.2. The second-order valence-corrected chi connectivity index (χ2v) is 5.66. The molecule has 5 heteroatoms. The standard InChI is InChI=1S/C15H20ClNO3/c1-10-6-13(4-5-14(10)16)19-9-15(18)17-7-11(2)20-12(3)8-17/h4-6,11-12H,7-9H2,1-3H3. The van der Waals surface area contributed by atoms with Crippen LogP contribution in [0.25, 0.3) is 0 Å². The molecular weight excluding hydrogens is 278 g/mol. The summed E-state index contributed by atoms with van der Waals surface area (Å²) in [7, 11) is 0. The number of halogens is 1. The van der Waals surface area contributed by atoms with E-state index >= 15 is 0 Å². The number of ether oxygens (including phenoxy) is 2. The van der Waals surface area contributed by atoms with Gasteiger partial charge in [-0.1, -0.05) is 11.6 Å². The van der Waals surface area contributed by atoms with Gasteiger partial charge in [-0.3, -0.25) is 4.79 Å². The SMILES string of the molecule is Cc1cc(OCC(=O)N2CC(C)OC(C)C2)ccc1Cl. The Morgan fingerprint density at radius 2 is 2.05 bits per heavy atom. The molecule has 2 rings (SSSR count). The molecule has 1 saturated heterocycles. The predicted octanol–water partition coefficient (Wildman–Crippen LogP) is 2.66. The van der Waals surface area contributed by atoms with E-state index < -0.39 is 0 Å². The maximum Gasteiger partial charge on any atom is 0.260 e. The lowest BCUT2D eigenvalue weighted by molar-refractivity contribution is -0.145. The van der Waals surface area contributed by atoms with E-state index in [4.69, 9.17) is 21.1 Å². The molecule has 20 heavy (non-hydrogen) atoms. The number of carbonyl (C=O) groups excluding carboxylic acids is 1. The number of nitrogens with zero attached hydrogens (tertiary/aromatic N) is 1. The Labute approximate surface area is 124 Å². The van der Waals surface area contributed by atoms with Crippen molar-refractivity contribution in [3.8, 4) is 5.75 Å². The van der Waals surface area contributed by atoms with Crippen molar-refractivity contribution >= 4 is 17.5 Å². The Morgan fingerprint density at radius 1 is 1.40 bits per heavy atom. The van der Waals surface area contributed by atoms with E-state index in [1.54, 1.807) is 17.0 Å². The van der Waals surface area contributed by atoms with Crippen LogP contribution in [0.2, 0.25) is 5.02 Å². The average Bonchev–Trinajstić information content (AvgIpc) is 2.38. The van der Waals surface area contributed by atoms with E-state index in [2.05, 4.69) is 0 Å². The van der Waals surface area contributed by atoms with Gasteiger partial charge in [-0.15, -0.1) is 0 Å². The third-order valence-corrected chi connectivity index (χ3v) is 3.69. The van der Waals surface area contributed by atoms with Crippen LogP contribution in [0.3, 0.4) is 0 Å². The zero-order chi connectivity index (χ0) is 14.7.